The van der Waals surface area contributed by atoms with Gasteiger partial charge in [0.25, 0.3) is 0 Å². The monoisotopic (exact) mass is 353 g/mol. The van der Waals surface area contributed by atoms with Crippen molar-refractivity contribution in [1.29, 1.82) is 0 Å². The van der Waals surface area contributed by atoms with E-state index in [1.165, 1.54) is 24.3 Å². The molecule has 7 heteroatoms. The molecule has 0 aliphatic rings. The maximum Gasteiger partial charge on any atom is 0.573 e. The van der Waals surface area contributed by atoms with Crippen molar-refractivity contribution in [2.24, 2.45) is 0 Å². The van der Waals surface area contributed by atoms with Crippen LogP contribution in [0, 0.1) is 0 Å². The van der Waals surface area contributed by atoms with Crippen LogP contribution >= 0.6 is 0 Å². The van der Waals surface area contributed by atoms with E-state index >= 15 is 0 Å². The number of benzene rings is 2. The van der Waals surface area contributed by atoms with E-state index in [4.69, 9.17) is 4.74 Å². The minimum atomic E-state index is -4.72. The third-order valence-corrected chi connectivity index (χ3v) is 3.34. The predicted molar refractivity (Wildman–Crippen MR) is 85.7 cm³/mol. The van der Waals surface area contributed by atoms with Crippen molar-refractivity contribution >= 4 is 5.91 Å². The highest BCUT2D eigenvalue weighted by molar-refractivity contribution is 5.80. The van der Waals surface area contributed by atoms with Crippen LogP contribution < -0.4 is 10.1 Å². The molecule has 2 aromatic rings. The van der Waals surface area contributed by atoms with Crippen molar-refractivity contribution in [1.82, 2.24) is 5.32 Å². The number of nitrogens with one attached hydrogen (secondary N) is 1. The second kappa shape index (κ2) is 8.53. The average Bonchev–Trinajstić information content (AvgIpc) is 2.58. The fraction of sp³-hybridized carbons (Fsp3) is 0.278. The number of amides is 1. The molecule has 4 nitrogen and oxygen atoms in total. The predicted octanol–water partition coefficient (Wildman–Crippen LogP) is 3.81. The lowest BCUT2D eigenvalue weighted by atomic mass is 10.2. The molecule has 1 unspecified atom stereocenters. The Morgan fingerprint density at radius 3 is 2.28 bits per heavy atom. The number of rotatable bonds is 7. The molecule has 0 heterocycles. The first-order valence-electron chi connectivity index (χ1n) is 7.61. The fourth-order valence-corrected chi connectivity index (χ4v) is 2.01. The summed E-state index contributed by atoms with van der Waals surface area (Å²) in [6.07, 6.45) is -5.37. The zero-order chi connectivity index (χ0) is 18.3. The zero-order valence-electron chi connectivity index (χ0n) is 13.5. The number of hydrogen-bond acceptors (Lipinski definition) is 3. The van der Waals surface area contributed by atoms with Crippen LogP contribution in [0.1, 0.15) is 18.1 Å². The summed E-state index contributed by atoms with van der Waals surface area (Å²) in [5.41, 5.74) is 1.61. The molecule has 1 N–H and O–H groups in total. The third kappa shape index (κ3) is 6.84. The van der Waals surface area contributed by atoms with Crippen molar-refractivity contribution in [2.45, 2.75) is 32.5 Å². The van der Waals surface area contributed by atoms with Crippen molar-refractivity contribution < 1.29 is 27.4 Å². The Labute approximate surface area is 143 Å². The lowest BCUT2D eigenvalue weighted by Gasteiger charge is -2.14. The molecule has 0 bridgehead atoms. The molecule has 0 aromatic heterocycles. The first kappa shape index (κ1) is 18.8. The number of alkyl halides is 3. The van der Waals surface area contributed by atoms with E-state index in [1.807, 2.05) is 30.3 Å². The second-order valence-electron chi connectivity index (χ2n) is 5.35. The number of carbonyl (C=O) groups is 1. The summed E-state index contributed by atoms with van der Waals surface area (Å²) in [5, 5.41) is 2.68. The van der Waals surface area contributed by atoms with Gasteiger partial charge in [0.15, 0.2) is 0 Å². The Kier molecular flexibility index (Phi) is 6.41. The molecule has 2 rings (SSSR count). The van der Waals surface area contributed by atoms with Crippen LogP contribution in [0.25, 0.3) is 0 Å². The van der Waals surface area contributed by atoms with Crippen LogP contribution in [-0.4, -0.2) is 18.4 Å². The smallest absolute Gasteiger partial charge is 0.406 e. The van der Waals surface area contributed by atoms with Crippen LogP contribution in [-0.2, 0) is 22.7 Å². The minimum absolute atomic E-state index is 0.185. The highest BCUT2D eigenvalue weighted by Crippen LogP contribution is 2.22. The molecular formula is C18H18F3NO3. The molecule has 0 saturated heterocycles. The van der Waals surface area contributed by atoms with E-state index in [0.717, 1.165) is 5.56 Å². The molecule has 0 radical (unpaired) electrons. The third-order valence-electron chi connectivity index (χ3n) is 3.34. The van der Waals surface area contributed by atoms with Gasteiger partial charge in [-0.2, -0.15) is 0 Å². The van der Waals surface area contributed by atoms with Gasteiger partial charge in [0.1, 0.15) is 11.9 Å². The molecule has 1 atom stereocenters. The van der Waals surface area contributed by atoms with E-state index in [0.29, 0.717) is 12.2 Å². The van der Waals surface area contributed by atoms with Crippen molar-refractivity contribution in [3.63, 3.8) is 0 Å². The molecule has 1 amide bonds. The Morgan fingerprint density at radius 1 is 1.04 bits per heavy atom. The molecule has 134 valence electrons. The Hall–Kier alpha value is -2.54. The topological polar surface area (TPSA) is 47.6 Å². The van der Waals surface area contributed by atoms with Gasteiger partial charge in [-0.1, -0.05) is 42.5 Å². The van der Waals surface area contributed by atoms with E-state index in [-0.39, 0.29) is 18.2 Å². The van der Waals surface area contributed by atoms with Gasteiger partial charge in [0.05, 0.1) is 6.61 Å². The van der Waals surface area contributed by atoms with Crippen LogP contribution in [0.2, 0.25) is 0 Å². The molecule has 0 saturated carbocycles. The standard InChI is InChI=1S/C18H18F3NO3/c1-13(24-12-15-5-3-2-4-6-15)17(23)22-11-14-7-9-16(10-8-14)25-18(19,20)21/h2-10,13H,11-12H2,1H3,(H,22,23). The lowest BCUT2D eigenvalue weighted by molar-refractivity contribution is -0.274. The van der Waals surface area contributed by atoms with Gasteiger partial charge in [-0.05, 0) is 30.2 Å². The minimum Gasteiger partial charge on any atom is -0.406 e. The van der Waals surface area contributed by atoms with Gasteiger partial charge in [-0.15, -0.1) is 13.2 Å². The molecule has 0 fully saturated rings. The van der Waals surface area contributed by atoms with Gasteiger partial charge >= 0.3 is 6.36 Å². The highest BCUT2D eigenvalue weighted by Gasteiger charge is 2.30. The average molecular weight is 353 g/mol. The maximum absolute atomic E-state index is 12.1. The van der Waals surface area contributed by atoms with Gasteiger partial charge in [0, 0.05) is 6.54 Å². The normalized spacial score (nSPS) is 12.5. The fourth-order valence-electron chi connectivity index (χ4n) is 2.01. The SMILES string of the molecule is CC(OCc1ccccc1)C(=O)NCc1ccc(OC(F)(F)F)cc1. The Bertz CT molecular complexity index is 672. The summed E-state index contributed by atoms with van der Waals surface area (Å²) in [6, 6.07) is 14.8. The Balaban J connectivity index is 1.77. The number of hydrogen-bond donors (Lipinski definition) is 1. The first-order chi connectivity index (χ1) is 11.8. The van der Waals surface area contributed by atoms with Crippen LogP contribution in [0.15, 0.2) is 54.6 Å². The molecule has 2 aromatic carbocycles. The number of ether oxygens (including phenoxy) is 2. The van der Waals surface area contributed by atoms with E-state index < -0.39 is 12.5 Å². The van der Waals surface area contributed by atoms with Crippen molar-refractivity contribution in [2.75, 3.05) is 0 Å². The molecule has 0 spiro atoms. The molecular weight excluding hydrogens is 335 g/mol. The summed E-state index contributed by atoms with van der Waals surface area (Å²) >= 11 is 0. The molecule has 0 aliphatic heterocycles. The summed E-state index contributed by atoms with van der Waals surface area (Å²) in [6.45, 7) is 2.14. The first-order valence-corrected chi connectivity index (χ1v) is 7.61. The summed E-state index contributed by atoms with van der Waals surface area (Å²) in [5.74, 6) is -0.603. The summed E-state index contributed by atoms with van der Waals surface area (Å²) < 4.78 is 45.5. The Morgan fingerprint density at radius 2 is 1.68 bits per heavy atom. The zero-order valence-corrected chi connectivity index (χ0v) is 13.5. The molecule has 25 heavy (non-hydrogen) atoms. The van der Waals surface area contributed by atoms with Gasteiger partial charge in [-0.3, -0.25) is 4.79 Å². The largest absolute Gasteiger partial charge is 0.573 e. The van der Waals surface area contributed by atoms with Gasteiger partial charge in [-0.25, -0.2) is 0 Å². The van der Waals surface area contributed by atoms with Crippen LogP contribution in [0.3, 0.4) is 0 Å². The van der Waals surface area contributed by atoms with Crippen LogP contribution in [0.5, 0.6) is 5.75 Å². The van der Waals surface area contributed by atoms with Gasteiger partial charge < -0.3 is 14.8 Å². The van der Waals surface area contributed by atoms with E-state index in [2.05, 4.69) is 10.1 Å². The number of carbonyl (C=O) groups excluding carboxylic acids is 1. The quantitative estimate of drug-likeness (QED) is 0.823. The molecule has 0 aliphatic carbocycles. The summed E-state index contributed by atoms with van der Waals surface area (Å²) in [4.78, 5) is 12.0. The van der Waals surface area contributed by atoms with Crippen molar-refractivity contribution in [3.8, 4) is 5.75 Å². The van der Waals surface area contributed by atoms with E-state index in [9.17, 15) is 18.0 Å². The van der Waals surface area contributed by atoms with Crippen LogP contribution in [0.4, 0.5) is 13.2 Å². The number of halogens is 3. The van der Waals surface area contributed by atoms with Crippen molar-refractivity contribution in [3.05, 3.63) is 65.7 Å². The maximum atomic E-state index is 12.1. The summed E-state index contributed by atoms with van der Waals surface area (Å²) in [7, 11) is 0. The second-order valence-corrected chi connectivity index (χ2v) is 5.35. The lowest BCUT2D eigenvalue weighted by Crippen LogP contribution is -2.34. The van der Waals surface area contributed by atoms with E-state index in [1.54, 1.807) is 6.92 Å². The highest BCUT2D eigenvalue weighted by atomic mass is 19.4. The van der Waals surface area contributed by atoms with Gasteiger partial charge in [0.2, 0.25) is 5.91 Å².